The summed E-state index contributed by atoms with van der Waals surface area (Å²) in [6, 6.07) is 14.4. The molecule has 0 radical (unpaired) electrons. The number of ether oxygens (including phenoxy) is 2. The highest BCUT2D eigenvalue weighted by atomic mass is 16.7. The number of urea groups is 1. The summed E-state index contributed by atoms with van der Waals surface area (Å²) in [7, 11) is 0. The molecule has 1 aliphatic heterocycles. The van der Waals surface area contributed by atoms with Crippen LogP contribution in [-0.4, -0.2) is 24.5 Å². The van der Waals surface area contributed by atoms with Crippen LogP contribution in [0.15, 0.2) is 48.5 Å². The quantitative estimate of drug-likeness (QED) is 0.782. The minimum Gasteiger partial charge on any atom is -0.454 e. The van der Waals surface area contributed by atoms with Crippen molar-refractivity contribution < 1.29 is 19.4 Å². The number of hydrogen-bond acceptors (Lipinski definition) is 4. The van der Waals surface area contributed by atoms with Crippen LogP contribution in [-0.2, 0) is 5.60 Å². The fourth-order valence-corrected chi connectivity index (χ4v) is 3.13. The lowest BCUT2D eigenvalue weighted by molar-refractivity contribution is 0.0164. The molecule has 2 aromatic rings. The number of carbonyl (C=O) groups excluding carboxylic acids is 1. The summed E-state index contributed by atoms with van der Waals surface area (Å²) in [6.45, 7) is 0.356. The topological polar surface area (TPSA) is 79.8 Å². The number of rotatable bonds is 5. The minimum absolute atomic E-state index is 0.165. The van der Waals surface area contributed by atoms with Gasteiger partial charge in [0.2, 0.25) is 6.79 Å². The van der Waals surface area contributed by atoms with E-state index in [0.717, 1.165) is 18.4 Å². The van der Waals surface area contributed by atoms with Gasteiger partial charge in [-0.05, 0) is 36.5 Å². The Balaban J connectivity index is 1.40. The zero-order valence-electron chi connectivity index (χ0n) is 13.7. The summed E-state index contributed by atoms with van der Waals surface area (Å²) in [5.41, 5.74) is 0.408. The summed E-state index contributed by atoms with van der Waals surface area (Å²) < 4.78 is 10.5. The molecule has 1 saturated carbocycles. The molecule has 2 aromatic carbocycles. The maximum absolute atomic E-state index is 12.2. The maximum atomic E-state index is 12.2. The second kappa shape index (κ2) is 6.29. The molecule has 0 spiro atoms. The lowest BCUT2D eigenvalue weighted by Crippen LogP contribution is -2.43. The third kappa shape index (κ3) is 3.25. The first-order chi connectivity index (χ1) is 12.1. The summed E-state index contributed by atoms with van der Waals surface area (Å²) in [5, 5.41) is 16.6. The lowest BCUT2D eigenvalue weighted by Gasteiger charge is -2.29. The first-order valence-electron chi connectivity index (χ1n) is 8.37. The molecule has 2 aliphatic rings. The van der Waals surface area contributed by atoms with Crippen LogP contribution in [0, 0.1) is 5.92 Å². The van der Waals surface area contributed by atoms with Crippen LogP contribution in [0.1, 0.15) is 18.4 Å². The van der Waals surface area contributed by atoms with Crippen molar-refractivity contribution in [1.82, 2.24) is 5.32 Å². The SMILES string of the molecule is O=C(NCC(O)(c1ccccc1)C1CC1)Nc1ccc2c(c1)OCO2. The van der Waals surface area contributed by atoms with E-state index in [-0.39, 0.29) is 25.3 Å². The minimum atomic E-state index is -1.03. The lowest BCUT2D eigenvalue weighted by atomic mass is 9.89. The molecule has 1 atom stereocenters. The van der Waals surface area contributed by atoms with Crippen molar-refractivity contribution >= 4 is 11.7 Å². The Morgan fingerprint density at radius 1 is 1.12 bits per heavy atom. The van der Waals surface area contributed by atoms with E-state index >= 15 is 0 Å². The zero-order valence-corrected chi connectivity index (χ0v) is 13.7. The number of aliphatic hydroxyl groups is 1. The fraction of sp³-hybridized carbons (Fsp3) is 0.316. The second-order valence-electron chi connectivity index (χ2n) is 6.44. The van der Waals surface area contributed by atoms with Gasteiger partial charge in [0.1, 0.15) is 5.60 Å². The van der Waals surface area contributed by atoms with Gasteiger partial charge in [-0.15, -0.1) is 0 Å². The first-order valence-corrected chi connectivity index (χ1v) is 8.37. The molecule has 1 fully saturated rings. The van der Waals surface area contributed by atoms with Gasteiger partial charge in [0.05, 0.1) is 6.54 Å². The van der Waals surface area contributed by atoms with Gasteiger partial charge in [-0.1, -0.05) is 30.3 Å². The van der Waals surface area contributed by atoms with Gasteiger partial charge in [-0.25, -0.2) is 4.79 Å². The molecule has 1 aliphatic carbocycles. The highest BCUT2D eigenvalue weighted by Gasteiger charge is 2.45. The Labute approximate surface area is 145 Å². The molecular formula is C19H20N2O4. The van der Waals surface area contributed by atoms with Crippen LogP contribution in [0.2, 0.25) is 0 Å². The molecule has 130 valence electrons. The highest BCUT2D eigenvalue weighted by Crippen LogP contribution is 2.45. The third-order valence-corrected chi connectivity index (χ3v) is 4.68. The maximum Gasteiger partial charge on any atom is 0.319 e. The molecular weight excluding hydrogens is 320 g/mol. The molecule has 3 N–H and O–H groups in total. The normalized spacial score (nSPS) is 17.6. The van der Waals surface area contributed by atoms with Gasteiger partial charge in [0.15, 0.2) is 11.5 Å². The molecule has 4 rings (SSSR count). The summed E-state index contributed by atoms with van der Waals surface area (Å²) >= 11 is 0. The van der Waals surface area contributed by atoms with E-state index in [0.29, 0.717) is 17.2 Å². The van der Waals surface area contributed by atoms with Gasteiger partial charge in [0, 0.05) is 11.8 Å². The second-order valence-corrected chi connectivity index (χ2v) is 6.44. The summed E-state index contributed by atoms with van der Waals surface area (Å²) in [5.74, 6) is 1.45. The molecule has 2 amide bonds. The number of carbonyl (C=O) groups is 1. The van der Waals surface area contributed by atoms with Crippen molar-refractivity contribution in [3.8, 4) is 11.5 Å². The molecule has 6 nitrogen and oxygen atoms in total. The van der Waals surface area contributed by atoms with Crippen LogP contribution >= 0.6 is 0 Å². The van der Waals surface area contributed by atoms with Crippen LogP contribution < -0.4 is 20.1 Å². The van der Waals surface area contributed by atoms with Crippen LogP contribution in [0.3, 0.4) is 0 Å². The fourth-order valence-electron chi connectivity index (χ4n) is 3.13. The average molecular weight is 340 g/mol. The average Bonchev–Trinajstić information content (AvgIpc) is 3.39. The first kappa shape index (κ1) is 15.8. The van der Waals surface area contributed by atoms with E-state index in [1.165, 1.54) is 0 Å². The van der Waals surface area contributed by atoms with Crippen molar-refractivity contribution in [2.45, 2.75) is 18.4 Å². The van der Waals surface area contributed by atoms with E-state index in [9.17, 15) is 9.90 Å². The van der Waals surface area contributed by atoms with Gasteiger partial charge in [0.25, 0.3) is 0 Å². The Bertz CT molecular complexity index is 776. The molecule has 1 unspecified atom stereocenters. The predicted octanol–water partition coefficient (Wildman–Crippen LogP) is 2.83. The predicted molar refractivity (Wildman–Crippen MR) is 92.6 cm³/mol. The van der Waals surface area contributed by atoms with E-state index < -0.39 is 5.60 Å². The number of benzene rings is 2. The number of nitrogens with one attached hydrogen (secondary N) is 2. The smallest absolute Gasteiger partial charge is 0.319 e. The van der Waals surface area contributed by atoms with Crippen LogP contribution in [0.25, 0.3) is 0 Å². The van der Waals surface area contributed by atoms with Gasteiger partial charge < -0.3 is 25.2 Å². The number of amides is 2. The third-order valence-electron chi connectivity index (χ3n) is 4.68. The summed E-state index contributed by atoms with van der Waals surface area (Å²) in [4.78, 5) is 12.2. The Morgan fingerprint density at radius 3 is 2.64 bits per heavy atom. The Kier molecular flexibility index (Phi) is 3.97. The summed E-state index contributed by atoms with van der Waals surface area (Å²) in [6.07, 6.45) is 1.94. The van der Waals surface area contributed by atoms with Gasteiger partial charge in [-0.2, -0.15) is 0 Å². The van der Waals surface area contributed by atoms with Crippen LogP contribution in [0.4, 0.5) is 10.5 Å². The van der Waals surface area contributed by atoms with E-state index in [1.807, 2.05) is 30.3 Å². The van der Waals surface area contributed by atoms with E-state index in [2.05, 4.69) is 10.6 Å². The molecule has 0 aromatic heterocycles. The Hall–Kier alpha value is -2.73. The highest BCUT2D eigenvalue weighted by molar-refractivity contribution is 5.89. The zero-order chi connectivity index (χ0) is 17.3. The Morgan fingerprint density at radius 2 is 1.88 bits per heavy atom. The molecule has 6 heteroatoms. The van der Waals surface area contributed by atoms with Gasteiger partial charge in [-0.3, -0.25) is 0 Å². The largest absolute Gasteiger partial charge is 0.454 e. The van der Waals surface area contributed by atoms with Gasteiger partial charge >= 0.3 is 6.03 Å². The molecule has 1 heterocycles. The monoisotopic (exact) mass is 340 g/mol. The molecule has 0 bridgehead atoms. The number of hydrogen-bond donors (Lipinski definition) is 3. The molecule has 0 saturated heterocycles. The number of fused-ring (bicyclic) bond motifs is 1. The van der Waals surface area contributed by atoms with Crippen LogP contribution in [0.5, 0.6) is 11.5 Å². The van der Waals surface area contributed by atoms with E-state index in [1.54, 1.807) is 18.2 Å². The van der Waals surface area contributed by atoms with Crippen molar-refractivity contribution in [2.75, 3.05) is 18.7 Å². The molecule has 25 heavy (non-hydrogen) atoms. The van der Waals surface area contributed by atoms with Crippen molar-refractivity contribution in [3.05, 3.63) is 54.1 Å². The standard InChI is InChI=1S/C19H20N2O4/c22-18(21-15-8-9-16-17(10-15)25-12-24-16)20-11-19(23,14-6-7-14)13-4-2-1-3-5-13/h1-5,8-10,14,23H,6-7,11-12H2,(H2,20,21,22). The number of anilines is 1. The van der Waals surface area contributed by atoms with E-state index in [4.69, 9.17) is 9.47 Å². The van der Waals surface area contributed by atoms with Crippen molar-refractivity contribution in [3.63, 3.8) is 0 Å². The van der Waals surface area contributed by atoms with Crippen molar-refractivity contribution in [2.24, 2.45) is 5.92 Å². The van der Waals surface area contributed by atoms with Crippen molar-refractivity contribution in [1.29, 1.82) is 0 Å².